The van der Waals surface area contributed by atoms with Crippen LogP contribution in [0.3, 0.4) is 0 Å². The molecule has 1 aliphatic rings. The standard InChI is InChI=1S/C21H23BrN2O5/c1-12(24-19(26)17-18(25)16(28-3)7-10-23-17)20(27)29-13(2)21(8-9-21)14-5-4-6-15(22)11-14/h4-7,10-13,25H,8-9H2,1-3H3,(H,24,26)/t12-,13?/m0/s1. The molecule has 1 fully saturated rings. The van der Waals surface area contributed by atoms with Gasteiger partial charge < -0.3 is 19.9 Å². The van der Waals surface area contributed by atoms with Crippen LogP contribution in [0.1, 0.15) is 42.7 Å². The van der Waals surface area contributed by atoms with Crippen molar-refractivity contribution in [2.45, 2.75) is 44.2 Å². The van der Waals surface area contributed by atoms with Crippen molar-refractivity contribution in [3.8, 4) is 11.5 Å². The molecule has 2 atom stereocenters. The van der Waals surface area contributed by atoms with Gasteiger partial charge in [-0.25, -0.2) is 9.78 Å². The Balaban J connectivity index is 1.64. The summed E-state index contributed by atoms with van der Waals surface area (Å²) >= 11 is 3.48. The Morgan fingerprint density at radius 2 is 2.00 bits per heavy atom. The predicted octanol–water partition coefficient (Wildman–Crippen LogP) is 3.34. The van der Waals surface area contributed by atoms with E-state index in [1.165, 1.54) is 26.3 Å². The third kappa shape index (κ3) is 4.37. The molecule has 3 rings (SSSR count). The van der Waals surface area contributed by atoms with Crippen LogP contribution in [0.15, 0.2) is 41.0 Å². The number of methoxy groups -OCH3 is 1. The molecule has 1 saturated carbocycles. The van der Waals surface area contributed by atoms with Gasteiger partial charge in [0.25, 0.3) is 5.91 Å². The SMILES string of the molecule is COc1ccnc(C(=O)N[C@@H](C)C(=O)OC(C)C2(c3cccc(Br)c3)CC2)c1O. The highest BCUT2D eigenvalue weighted by Gasteiger charge is 2.51. The van der Waals surface area contributed by atoms with Gasteiger partial charge in [-0.1, -0.05) is 28.1 Å². The molecule has 8 heteroatoms. The molecular formula is C21H23BrN2O5. The van der Waals surface area contributed by atoms with Crippen LogP contribution in [-0.4, -0.2) is 41.2 Å². The number of hydrogen-bond donors (Lipinski definition) is 2. The Morgan fingerprint density at radius 1 is 1.28 bits per heavy atom. The predicted molar refractivity (Wildman–Crippen MR) is 110 cm³/mol. The fourth-order valence-corrected chi connectivity index (χ4v) is 3.74. The van der Waals surface area contributed by atoms with E-state index in [-0.39, 0.29) is 28.7 Å². The van der Waals surface area contributed by atoms with Crippen LogP contribution in [-0.2, 0) is 14.9 Å². The quantitative estimate of drug-likeness (QED) is 0.612. The van der Waals surface area contributed by atoms with Crippen LogP contribution < -0.4 is 10.1 Å². The third-order valence-corrected chi connectivity index (χ3v) is 5.78. The summed E-state index contributed by atoms with van der Waals surface area (Å²) in [6, 6.07) is 8.52. The Morgan fingerprint density at radius 3 is 2.62 bits per heavy atom. The van der Waals surface area contributed by atoms with Gasteiger partial charge in [-0.05, 0) is 44.4 Å². The van der Waals surface area contributed by atoms with Gasteiger partial charge in [0.2, 0.25) is 0 Å². The van der Waals surface area contributed by atoms with Crippen molar-refractivity contribution >= 4 is 27.8 Å². The van der Waals surface area contributed by atoms with E-state index in [0.29, 0.717) is 0 Å². The summed E-state index contributed by atoms with van der Waals surface area (Å²) in [6.07, 6.45) is 2.86. The number of esters is 1. The van der Waals surface area contributed by atoms with Gasteiger partial charge in [0, 0.05) is 22.2 Å². The molecule has 2 aromatic rings. The van der Waals surface area contributed by atoms with E-state index in [1.807, 2.05) is 31.2 Å². The molecule has 0 aliphatic heterocycles. The zero-order valence-electron chi connectivity index (χ0n) is 16.4. The number of pyridine rings is 1. The molecule has 1 aliphatic carbocycles. The van der Waals surface area contributed by atoms with Gasteiger partial charge >= 0.3 is 5.97 Å². The van der Waals surface area contributed by atoms with Crippen LogP contribution in [0.4, 0.5) is 0 Å². The molecule has 1 unspecified atom stereocenters. The van der Waals surface area contributed by atoms with Gasteiger partial charge in [0.05, 0.1) is 7.11 Å². The maximum atomic E-state index is 12.5. The lowest BCUT2D eigenvalue weighted by Gasteiger charge is -2.26. The lowest BCUT2D eigenvalue weighted by Crippen LogP contribution is -2.42. The van der Waals surface area contributed by atoms with E-state index >= 15 is 0 Å². The zero-order chi connectivity index (χ0) is 21.2. The van der Waals surface area contributed by atoms with Gasteiger partial charge in [0.15, 0.2) is 17.2 Å². The van der Waals surface area contributed by atoms with Crippen LogP contribution in [0.25, 0.3) is 0 Å². The Labute approximate surface area is 177 Å². The molecule has 29 heavy (non-hydrogen) atoms. The number of hydrogen-bond acceptors (Lipinski definition) is 6. The van der Waals surface area contributed by atoms with Crippen molar-refractivity contribution in [2.24, 2.45) is 0 Å². The second kappa shape index (κ2) is 8.41. The van der Waals surface area contributed by atoms with Crippen LogP contribution in [0.2, 0.25) is 0 Å². The van der Waals surface area contributed by atoms with E-state index < -0.39 is 17.9 Å². The minimum atomic E-state index is -0.907. The molecule has 154 valence electrons. The summed E-state index contributed by atoms with van der Waals surface area (Å²) in [5.74, 6) is -1.49. The maximum Gasteiger partial charge on any atom is 0.328 e. The van der Waals surface area contributed by atoms with E-state index in [9.17, 15) is 14.7 Å². The highest BCUT2D eigenvalue weighted by molar-refractivity contribution is 9.10. The summed E-state index contributed by atoms with van der Waals surface area (Å²) in [4.78, 5) is 28.8. The average molecular weight is 463 g/mol. The number of rotatable bonds is 7. The first-order valence-corrected chi connectivity index (χ1v) is 10.1. The minimum absolute atomic E-state index is 0.124. The molecule has 1 heterocycles. The van der Waals surface area contributed by atoms with Crippen molar-refractivity contribution in [3.05, 3.63) is 52.3 Å². The summed E-state index contributed by atoms with van der Waals surface area (Å²) < 4.78 is 11.6. The number of aromatic nitrogens is 1. The lowest BCUT2D eigenvalue weighted by molar-refractivity contribution is -0.151. The topological polar surface area (TPSA) is 97.8 Å². The number of carbonyl (C=O) groups is 2. The number of amides is 1. The molecule has 1 amide bonds. The van der Waals surface area contributed by atoms with Gasteiger partial charge in [0.1, 0.15) is 12.1 Å². The number of halogens is 1. The summed E-state index contributed by atoms with van der Waals surface area (Å²) in [7, 11) is 1.37. The Kier molecular flexibility index (Phi) is 6.12. The lowest BCUT2D eigenvalue weighted by atomic mass is 9.91. The van der Waals surface area contributed by atoms with Crippen LogP contribution in [0, 0.1) is 0 Å². The molecule has 1 aromatic heterocycles. The fourth-order valence-electron chi connectivity index (χ4n) is 3.34. The smallest absolute Gasteiger partial charge is 0.328 e. The zero-order valence-corrected chi connectivity index (χ0v) is 18.0. The van der Waals surface area contributed by atoms with Gasteiger partial charge in [-0.2, -0.15) is 0 Å². The monoisotopic (exact) mass is 462 g/mol. The van der Waals surface area contributed by atoms with Crippen molar-refractivity contribution in [1.29, 1.82) is 0 Å². The number of nitrogens with zero attached hydrogens (tertiary/aromatic N) is 1. The largest absolute Gasteiger partial charge is 0.503 e. The van der Waals surface area contributed by atoms with Gasteiger partial charge in [-0.15, -0.1) is 0 Å². The summed E-state index contributed by atoms with van der Waals surface area (Å²) in [5.41, 5.74) is 0.703. The molecule has 2 N–H and O–H groups in total. The van der Waals surface area contributed by atoms with E-state index in [1.54, 1.807) is 0 Å². The number of benzene rings is 1. The molecule has 0 radical (unpaired) electrons. The summed E-state index contributed by atoms with van der Waals surface area (Å²) in [6.45, 7) is 3.40. The first-order chi connectivity index (χ1) is 13.8. The van der Waals surface area contributed by atoms with Crippen molar-refractivity contribution in [1.82, 2.24) is 10.3 Å². The van der Waals surface area contributed by atoms with Crippen molar-refractivity contribution in [3.63, 3.8) is 0 Å². The average Bonchev–Trinajstić information content (AvgIpc) is 3.50. The first-order valence-electron chi connectivity index (χ1n) is 9.28. The van der Waals surface area contributed by atoms with Crippen LogP contribution >= 0.6 is 15.9 Å². The molecule has 0 spiro atoms. The number of nitrogens with one attached hydrogen (secondary N) is 1. The summed E-state index contributed by atoms with van der Waals surface area (Å²) in [5, 5.41) is 12.6. The molecule has 0 saturated heterocycles. The highest BCUT2D eigenvalue weighted by Crippen LogP contribution is 2.52. The Hall–Kier alpha value is -2.61. The molecule has 0 bridgehead atoms. The Bertz CT molecular complexity index is 929. The van der Waals surface area contributed by atoms with Crippen molar-refractivity contribution in [2.75, 3.05) is 7.11 Å². The van der Waals surface area contributed by atoms with Crippen molar-refractivity contribution < 1.29 is 24.2 Å². The second-order valence-electron chi connectivity index (χ2n) is 7.15. The number of aromatic hydroxyl groups is 1. The first kappa shape index (κ1) is 21.1. The normalized spacial score (nSPS) is 16.4. The van der Waals surface area contributed by atoms with E-state index in [4.69, 9.17) is 9.47 Å². The number of carbonyl (C=O) groups excluding carboxylic acids is 2. The van der Waals surface area contributed by atoms with E-state index in [0.717, 1.165) is 22.9 Å². The molecule has 1 aromatic carbocycles. The third-order valence-electron chi connectivity index (χ3n) is 5.28. The fraction of sp³-hybridized carbons (Fsp3) is 0.381. The maximum absolute atomic E-state index is 12.5. The van der Waals surface area contributed by atoms with Gasteiger partial charge in [-0.3, -0.25) is 4.79 Å². The molecule has 7 nitrogen and oxygen atoms in total. The van der Waals surface area contributed by atoms with E-state index in [2.05, 4.69) is 26.2 Å². The van der Waals surface area contributed by atoms with Crippen LogP contribution in [0.5, 0.6) is 11.5 Å². The number of ether oxygens (including phenoxy) is 2. The second-order valence-corrected chi connectivity index (χ2v) is 8.07. The molecular weight excluding hydrogens is 440 g/mol. The highest BCUT2D eigenvalue weighted by atomic mass is 79.9. The minimum Gasteiger partial charge on any atom is -0.503 e.